The fourth-order valence-corrected chi connectivity index (χ4v) is 3.94. The Bertz CT molecular complexity index is 681. The summed E-state index contributed by atoms with van der Waals surface area (Å²) in [5.74, 6) is -1.04. The van der Waals surface area contributed by atoms with E-state index in [-0.39, 0.29) is 24.1 Å². The minimum Gasteiger partial charge on any atom is -0.469 e. The molecule has 0 aromatic heterocycles. The average molecular weight is 338 g/mol. The molecular weight excluding hydrogens is 316 g/mol. The number of ether oxygens (including phenoxy) is 3. The second-order valence-electron chi connectivity index (χ2n) is 6.77. The zero-order chi connectivity index (χ0) is 17.3. The molecular formula is C21H22O4. The normalized spacial score (nSPS) is 27.5. The maximum absolute atomic E-state index is 11.9. The van der Waals surface area contributed by atoms with Crippen molar-refractivity contribution >= 4 is 5.97 Å². The molecule has 1 heterocycles. The molecule has 2 aromatic rings. The first-order valence-electron chi connectivity index (χ1n) is 8.74. The van der Waals surface area contributed by atoms with E-state index in [0.717, 1.165) is 17.5 Å². The molecule has 2 aromatic carbocycles. The van der Waals surface area contributed by atoms with Gasteiger partial charge in [-0.2, -0.15) is 0 Å². The van der Waals surface area contributed by atoms with Crippen LogP contribution in [0.2, 0.25) is 0 Å². The number of hydrogen-bond donors (Lipinski definition) is 0. The summed E-state index contributed by atoms with van der Waals surface area (Å²) in [7, 11) is 1.43. The summed E-state index contributed by atoms with van der Waals surface area (Å²) in [6.45, 7) is 0. The summed E-state index contributed by atoms with van der Waals surface area (Å²) in [6, 6.07) is 20.3. The zero-order valence-corrected chi connectivity index (χ0v) is 14.3. The first-order valence-corrected chi connectivity index (χ1v) is 8.74. The SMILES string of the molecule is COC(=O)C1CCC2(C1)O[C@@H](c1ccccc1)[C@H](c1ccccc1)O2. The van der Waals surface area contributed by atoms with Gasteiger partial charge in [-0.1, -0.05) is 60.7 Å². The predicted molar refractivity (Wildman–Crippen MR) is 92.6 cm³/mol. The molecule has 1 aliphatic carbocycles. The standard InChI is InChI=1S/C21H22O4/c1-23-20(22)17-12-13-21(14-17)24-18(15-8-4-2-5-9-15)19(25-21)16-10-6-3-7-11-16/h2-11,17-19H,12-14H2,1H3/t17?,18-,19-/m0/s1. The van der Waals surface area contributed by atoms with E-state index in [2.05, 4.69) is 24.3 Å². The highest BCUT2D eigenvalue weighted by Gasteiger charge is 2.53. The zero-order valence-electron chi connectivity index (χ0n) is 14.3. The second kappa shape index (κ2) is 6.62. The molecule has 2 fully saturated rings. The van der Waals surface area contributed by atoms with Gasteiger partial charge in [0.1, 0.15) is 12.2 Å². The van der Waals surface area contributed by atoms with E-state index >= 15 is 0 Å². The van der Waals surface area contributed by atoms with Crippen LogP contribution in [0.3, 0.4) is 0 Å². The highest BCUT2D eigenvalue weighted by Crippen LogP contribution is 2.54. The second-order valence-corrected chi connectivity index (χ2v) is 6.77. The van der Waals surface area contributed by atoms with Crippen LogP contribution in [0.4, 0.5) is 0 Å². The summed E-state index contributed by atoms with van der Waals surface area (Å²) < 4.78 is 17.8. The molecule has 1 saturated heterocycles. The Morgan fingerprint density at radius 2 is 1.48 bits per heavy atom. The van der Waals surface area contributed by atoms with Gasteiger partial charge in [0.25, 0.3) is 0 Å². The van der Waals surface area contributed by atoms with E-state index < -0.39 is 5.79 Å². The summed E-state index contributed by atoms with van der Waals surface area (Å²) in [5.41, 5.74) is 2.18. The number of hydrogen-bond acceptors (Lipinski definition) is 4. The third-order valence-corrected chi connectivity index (χ3v) is 5.18. The third kappa shape index (κ3) is 3.08. The van der Waals surface area contributed by atoms with Gasteiger partial charge in [0.05, 0.1) is 13.0 Å². The van der Waals surface area contributed by atoms with Gasteiger partial charge in [-0.05, 0) is 17.5 Å². The molecule has 3 atom stereocenters. The molecule has 1 spiro atoms. The van der Waals surface area contributed by atoms with E-state index in [9.17, 15) is 4.79 Å². The maximum atomic E-state index is 11.9. The Hall–Kier alpha value is -2.17. The van der Waals surface area contributed by atoms with Crippen molar-refractivity contribution in [1.82, 2.24) is 0 Å². The molecule has 0 amide bonds. The average Bonchev–Trinajstić information content (AvgIpc) is 3.27. The Morgan fingerprint density at radius 3 is 1.96 bits per heavy atom. The quantitative estimate of drug-likeness (QED) is 0.788. The van der Waals surface area contributed by atoms with Crippen molar-refractivity contribution in [3.05, 3.63) is 71.8 Å². The largest absolute Gasteiger partial charge is 0.469 e. The van der Waals surface area contributed by atoms with E-state index in [0.29, 0.717) is 12.8 Å². The maximum Gasteiger partial charge on any atom is 0.308 e. The first kappa shape index (κ1) is 16.3. The molecule has 25 heavy (non-hydrogen) atoms. The van der Waals surface area contributed by atoms with E-state index in [4.69, 9.17) is 14.2 Å². The van der Waals surface area contributed by atoms with Gasteiger partial charge in [0.15, 0.2) is 5.79 Å². The van der Waals surface area contributed by atoms with Crippen LogP contribution in [-0.4, -0.2) is 18.9 Å². The molecule has 130 valence electrons. The fraction of sp³-hybridized carbons (Fsp3) is 0.381. The van der Waals surface area contributed by atoms with Crippen LogP contribution in [0, 0.1) is 5.92 Å². The lowest BCUT2D eigenvalue weighted by Gasteiger charge is -2.22. The molecule has 1 saturated carbocycles. The van der Waals surface area contributed by atoms with Crippen molar-refractivity contribution in [3.8, 4) is 0 Å². The van der Waals surface area contributed by atoms with Gasteiger partial charge in [0.2, 0.25) is 0 Å². The molecule has 0 radical (unpaired) electrons. The fourth-order valence-electron chi connectivity index (χ4n) is 3.94. The van der Waals surface area contributed by atoms with Gasteiger partial charge < -0.3 is 14.2 Å². The third-order valence-electron chi connectivity index (χ3n) is 5.18. The summed E-state index contributed by atoms with van der Waals surface area (Å²) in [4.78, 5) is 11.9. The van der Waals surface area contributed by atoms with Crippen LogP contribution < -0.4 is 0 Å². The number of methoxy groups -OCH3 is 1. The number of carbonyl (C=O) groups excluding carboxylic acids is 1. The molecule has 0 N–H and O–H groups in total. The summed E-state index contributed by atoms with van der Waals surface area (Å²) >= 11 is 0. The number of esters is 1. The molecule has 4 heteroatoms. The monoisotopic (exact) mass is 338 g/mol. The summed E-state index contributed by atoms with van der Waals surface area (Å²) in [5, 5.41) is 0. The lowest BCUT2D eigenvalue weighted by Crippen LogP contribution is -2.28. The highest BCUT2D eigenvalue weighted by atomic mass is 16.8. The van der Waals surface area contributed by atoms with Gasteiger partial charge in [-0.3, -0.25) is 4.79 Å². The van der Waals surface area contributed by atoms with E-state index in [1.54, 1.807) is 0 Å². The number of carbonyl (C=O) groups is 1. The molecule has 2 aliphatic rings. The summed E-state index contributed by atoms with van der Waals surface area (Å²) in [6.07, 6.45) is 1.63. The Kier molecular flexibility index (Phi) is 4.32. The van der Waals surface area contributed by atoms with Crippen LogP contribution in [0.1, 0.15) is 42.6 Å². The van der Waals surface area contributed by atoms with Crippen LogP contribution in [-0.2, 0) is 19.0 Å². The van der Waals surface area contributed by atoms with Crippen LogP contribution >= 0.6 is 0 Å². The van der Waals surface area contributed by atoms with Gasteiger partial charge in [-0.25, -0.2) is 0 Å². The van der Waals surface area contributed by atoms with Crippen molar-refractivity contribution in [2.45, 2.75) is 37.3 Å². The first-order chi connectivity index (χ1) is 12.2. The minimum atomic E-state index is -0.708. The highest BCUT2D eigenvalue weighted by molar-refractivity contribution is 5.72. The van der Waals surface area contributed by atoms with Crippen LogP contribution in [0.5, 0.6) is 0 Å². The van der Waals surface area contributed by atoms with Crippen molar-refractivity contribution in [1.29, 1.82) is 0 Å². The Balaban J connectivity index is 1.64. The molecule has 4 nitrogen and oxygen atoms in total. The van der Waals surface area contributed by atoms with Crippen LogP contribution in [0.25, 0.3) is 0 Å². The lowest BCUT2D eigenvalue weighted by atomic mass is 9.99. The number of benzene rings is 2. The molecule has 4 rings (SSSR count). The van der Waals surface area contributed by atoms with E-state index in [1.165, 1.54) is 7.11 Å². The van der Waals surface area contributed by atoms with Crippen molar-refractivity contribution in [3.63, 3.8) is 0 Å². The Labute approximate surface area is 147 Å². The van der Waals surface area contributed by atoms with Crippen LogP contribution in [0.15, 0.2) is 60.7 Å². The van der Waals surface area contributed by atoms with Gasteiger partial charge in [-0.15, -0.1) is 0 Å². The Morgan fingerprint density at radius 1 is 0.960 bits per heavy atom. The molecule has 1 aliphatic heterocycles. The number of rotatable bonds is 3. The predicted octanol–water partition coefficient (Wildman–Crippen LogP) is 4.19. The van der Waals surface area contributed by atoms with Crippen molar-refractivity contribution < 1.29 is 19.0 Å². The van der Waals surface area contributed by atoms with Gasteiger partial charge >= 0.3 is 5.97 Å². The van der Waals surface area contributed by atoms with Gasteiger partial charge in [0, 0.05) is 12.8 Å². The topological polar surface area (TPSA) is 44.8 Å². The smallest absolute Gasteiger partial charge is 0.308 e. The molecule has 0 bridgehead atoms. The van der Waals surface area contributed by atoms with Crippen molar-refractivity contribution in [2.75, 3.05) is 7.11 Å². The molecule has 1 unspecified atom stereocenters. The van der Waals surface area contributed by atoms with E-state index in [1.807, 2.05) is 36.4 Å². The van der Waals surface area contributed by atoms with Crippen molar-refractivity contribution in [2.24, 2.45) is 5.92 Å². The lowest BCUT2D eigenvalue weighted by molar-refractivity contribution is -0.176. The minimum absolute atomic E-state index is 0.157.